The highest BCUT2D eigenvalue weighted by Crippen LogP contribution is 2.18. The van der Waals surface area contributed by atoms with Crippen LogP contribution in [0.15, 0.2) is 42.7 Å². The molecule has 0 aliphatic heterocycles. The van der Waals surface area contributed by atoms with Crippen molar-refractivity contribution in [3.8, 4) is 0 Å². The van der Waals surface area contributed by atoms with Gasteiger partial charge in [-0.25, -0.2) is 9.97 Å². The summed E-state index contributed by atoms with van der Waals surface area (Å²) in [6, 6.07) is 10.6. The van der Waals surface area contributed by atoms with Gasteiger partial charge in [0.05, 0.1) is 12.4 Å². The maximum absolute atomic E-state index is 12.3. The van der Waals surface area contributed by atoms with Crippen LogP contribution in [0.1, 0.15) is 67.5 Å². The van der Waals surface area contributed by atoms with E-state index in [0.717, 1.165) is 12.8 Å². The van der Waals surface area contributed by atoms with E-state index in [1.165, 1.54) is 31.2 Å². The minimum atomic E-state index is -0.123. The standard InChI is InChI=1S/C20H26N4O/c1-15(16-9-5-4-6-10-16)23-19-14-21-18(13-22-19)20(25)24-17-11-7-2-3-8-12-17/h4-6,9-10,13-15,17H,2-3,7-8,11-12H2,1H3,(H,22,23)(H,24,25). The molecular formula is C20H26N4O. The van der Waals surface area contributed by atoms with Gasteiger partial charge in [0.2, 0.25) is 0 Å². The lowest BCUT2D eigenvalue weighted by Crippen LogP contribution is -2.35. The summed E-state index contributed by atoms with van der Waals surface area (Å²) in [5, 5.41) is 6.41. The number of nitrogens with one attached hydrogen (secondary N) is 2. The van der Waals surface area contributed by atoms with Crippen molar-refractivity contribution in [1.82, 2.24) is 15.3 Å². The van der Waals surface area contributed by atoms with Crippen molar-refractivity contribution in [3.05, 3.63) is 54.0 Å². The summed E-state index contributed by atoms with van der Waals surface area (Å²) < 4.78 is 0. The zero-order chi connectivity index (χ0) is 17.5. The minimum absolute atomic E-state index is 0.123. The molecule has 2 aromatic rings. The Morgan fingerprint density at radius 2 is 1.76 bits per heavy atom. The zero-order valence-electron chi connectivity index (χ0n) is 14.7. The van der Waals surface area contributed by atoms with Gasteiger partial charge in [-0.2, -0.15) is 0 Å². The first-order chi connectivity index (χ1) is 12.2. The molecule has 0 radical (unpaired) electrons. The molecule has 1 amide bonds. The highest BCUT2D eigenvalue weighted by Gasteiger charge is 2.17. The minimum Gasteiger partial charge on any atom is -0.362 e. The Balaban J connectivity index is 1.57. The van der Waals surface area contributed by atoms with E-state index in [0.29, 0.717) is 11.5 Å². The number of anilines is 1. The quantitative estimate of drug-likeness (QED) is 0.805. The Morgan fingerprint density at radius 1 is 1.04 bits per heavy atom. The summed E-state index contributed by atoms with van der Waals surface area (Å²) in [6.07, 6.45) is 10.2. The van der Waals surface area contributed by atoms with Crippen LogP contribution in [-0.4, -0.2) is 21.9 Å². The summed E-state index contributed by atoms with van der Waals surface area (Å²) in [6.45, 7) is 2.07. The Kier molecular flexibility index (Phi) is 5.99. The number of amides is 1. The van der Waals surface area contributed by atoms with Gasteiger partial charge < -0.3 is 10.6 Å². The SMILES string of the molecule is CC(Nc1cnc(C(=O)NC2CCCCCC2)cn1)c1ccccc1. The van der Waals surface area contributed by atoms with E-state index in [2.05, 4.69) is 39.7 Å². The highest BCUT2D eigenvalue weighted by atomic mass is 16.1. The number of hydrogen-bond donors (Lipinski definition) is 2. The Labute approximate surface area is 149 Å². The van der Waals surface area contributed by atoms with Crippen LogP contribution in [0.3, 0.4) is 0 Å². The van der Waals surface area contributed by atoms with Gasteiger partial charge in [0.15, 0.2) is 0 Å². The second-order valence-electron chi connectivity index (χ2n) is 6.73. The second-order valence-corrected chi connectivity index (χ2v) is 6.73. The van der Waals surface area contributed by atoms with Gasteiger partial charge in [-0.05, 0) is 25.3 Å². The molecule has 2 N–H and O–H groups in total. The number of aromatic nitrogens is 2. The third kappa shape index (κ3) is 5.02. The molecule has 0 saturated heterocycles. The van der Waals surface area contributed by atoms with Crippen LogP contribution in [0.25, 0.3) is 0 Å². The van der Waals surface area contributed by atoms with Crippen molar-refractivity contribution in [2.45, 2.75) is 57.5 Å². The molecule has 3 rings (SSSR count). The van der Waals surface area contributed by atoms with Crippen molar-refractivity contribution in [2.24, 2.45) is 0 Å². The van der Waals surface area contributed by atoms with E-state index in [4.69, 9.17) is 0 Å². The number of carbonyl (C=O) groups is 1. The monoisotopic (exact) mass is 338 g/mol. The van der Waals surface area contributed by atoms with E-state index < -0.39 is 0 Å². The zero-order valence-corrected chi connectivity index (χ0v) is 14.7. The molecular weight excluding hydrogens is 312 g/mol. The Morgan fingerprint density at radius 3 is 2.40 bits per heavy atom. The summed E-state index contributed by atoms with van der Waals surface area (Å²) in [4.78, 5) is 21.0. The second kappa shape index (κ2) is 8.60. The molecule has 5 nitrogen and oxygen atoms in total. The third-order valence-electron chi connectivity index (χ3n) is 4.74. The first kappa shape index (κ1) is 17.4. The van der Waals surface area contributed by atoms with Crippen molar-refractivity contribution in [2.75, 3.05) is 5.32 Å². The molecule has 0 bridgehead atoms. The maximum Gasteiger partial charge on any atom is 0.271 e. The lowest BCUT2D eigenvalue weighted by atomic mass is 10.1. The predicted octanol–water partition coefficient (Wildman–Crippen LogP) is 4.10. The molecule has 1 fully saturated rings. The lowest BCUT2D eigenvalue weighted by Gasteiger charge is -2.16. The van der Waals surface area contributed by atoms with Crippen molar-refractivity contribution < 1.29 is 4.79 Å². The average molecular weight is 338 g/mol. The third-order valence-corrected chi connectivity index (χ3v) is 4.74. The van der Waals surface area contributed by atoms with Gasteiger partial charge >= 0.3 is 0 Å². The molecule has 132 valence electrons. The van der Waals surface area contributed by atoms with Crippen molar-refractivity contribution >= 4 is 11.7 Å². The van der Waals surface area contributed by atoms with Crippen LogP contribution < -0.4 is 10.6 Å². The summed E-state index contributed by atoms with van der Waals surface area (Å²) in [5.41, 5.74) is 1.56. The van der Waals surface area contributed by atoms with Gasteiger partial charge in [0.25, 0.3) is 5.91 Å². The first-order valence-corrected chi connectivity index (χ1v) is 9.17. The molecule has 1 aromatic heterocycles. The fraction of sp³-hybridized carbons (Fsp3) is 0.450. The van der Waals surface area contributed by atoms with Gasteiger partial charge in [0, 0.05) is 12.1 Å². The van der Waals surface area contributed by atoms with Gasteiger partial charge in [-0.3, -0.25) is 4.79 Å². The van der Waals surface area contributed by atoms with Crippen LogP contribution in [0.5, 0.6) is 0 Å². The largest absolute Gasteiger partial charge is 0.362 e. The molecule has 1 aliphatic carbocycles. The molecule has 1 aliphatic rings. The van der Waals surface area contributed by atoms with Gasteiger partial charge in [-0.15, -0.1) is 0 Å². The molecule has 1 atom stereocenters. The molecule has 5 heteroatoms. The van der Waals surface area contributed by atoms with Crippen LogP contribution >= 0.6 is 0 Å². The number of benzene rings is 1. The van der Waals surface area contributed by atoms with Gasteiger partial charge in [0.1, 0.15) is 11.5 Å². The fourth-order valence-electron chi connectivity index (χ4n) is 3.25. The number of hydrogen-bond acceptors (Lipinski definition) is 4. The van der Waals surface area contributed by atoms with Crippen LogP contribution in [-0.2, 0) is 0 Å². The van der Waals surface area contributed by atoms with Crippen LogP contribution in [0.4, 0.5) is 5.82 Å². The summed E-state index contributed by atoms with van der Waals surface area (Å²) in [5.74, 6) is 0.546. The van der Waals surface area contributed by atoms with E-state index in [1.807, 2.05) is 18.2 Å². The normalized spacial score (nSPS) is 16.7. The van der Waals surface area contributed by atoms with Crippen LogP contribution in [0, 0.1) is 0 Å². The van der Waals surface area contributed by atoms with E-state index in [1.54, 1.807) is 12.4 Å². The van der Waals surface area contributed by atoms with Crippen molar-refractivity contribution in [1.29, 1.82) is 0 Å². The number of nitrogens with zero attached hydrogens (tertiary/aromatic N) is 2. The van der Waals surface area contributed by atoms with Gasteiger partial charge in [-0.1, -0.05) is 56.0 Å². The predicted molar refractivity (Wildman–Crippen MR) is 99.5 cm³/mol. The maximum atomic E-state index is 12.3. The molecule has 25 heavy (non-hydrogen) atoms. The molecule has 0 spiro atoms. The molecule has 1 unspecified atom stereocenters. The Bertz CT molecular complexity index is 664. The van der Waals surface area contributed by atoms with E-state index >= 15 is 0 Å². The Hall–Kier alpha value is -2.43. The lowest BCUT2D eigenvalue weighted by molar-refractivity contribution is 0.0928. The summed E-state index contributed by atoms with van der Waals surface area (Å²) in [7, 11) is 0. The summed E-state index contributed by atoms with van der Waals surface area (Å²) >= 11 is 0. The molecule has 1 heterocycles. The molecule has 1 saturated carbocycles. The fourth-order valence-corrected chi connectivity index (χ4v) is 3.25. The topological polar surface area (TPSA) is 66.9 Å². The first-order valence-electron chi connectivity index (χ1n) is 9.17. The smallest absolute Gasteiger partial charge is 0.271 e. The number of carbonyl (C=O) groups excluding carboxylic acids is 1. The van der Waals surface area contributed by atoms with Crippen LogP contribution in [0.2, 0.25) is 0 Å². The van der Waals surface area contributed by atoms with Crippen molar-refractivity contribution in [3.63, 3.8) is 0 Å². The average Bonchev–Trinajstić information content (AvgIpc) is 2.91. The van der Waals surface area contributed by atoms with E-state index in [-0.39, 0.29) is 18.0 Å². The number of rotatable bonds is 5. The highest BCUT2D eigenvalue weighted by molar-refractivity contribution is 5.92. The molecule has 1 aromatic carbocycles. The van der Waals surface area contributed by atoms with E-state index in [9.17, 15) is 4.79 Å².